The third kappa shape index (κ3) is 4.93. The van der Waals surface area contributed by atoms with Gasteiger partial charge in [-0.1, -0.05) is 70.5 Å². The largest absolute Gasteiger partial charge is 0.480 e. The predicted molar refractivity (Wildman–Crippen MR) is 174 cm³/mol. The first-order valence-electron chi connectivity index (χ1n) is 17.5. The zero-order chi connectivity index (χ0) is 33.3. The van der Waals surface area contributed by atoms with Gasteiger partial charge in [0.25, 0.3) is 0 Å². The Labute approximate surface area is 274 Å². The minimum absolute atomic E-state index is 0.0318. The molecule has 1 aromatic carbocycles. The van der Waals surface area contributed by atoms with E-state index in [1.54, 1.807) is 0 Å². The molecule has 5 aliphatic rings. The Morgan fingerprint density at radius 3 is 2.30 bits per heavy atom. The molecule has 5 aliphatic carbocycles. The van der Waals surface area contributed by atoms with Crippen molar-refractivity contribution in [3.8, 4) is 0 Å². The summed E-state index contributed by atoms with van der Waals surface area (Å²) < 4.78 is 11.6. The van der Waals surface area contributed by atoms with Gasteiger partial charge in [0.15, 0.2) is 5.78 Å². The van der Waals surface area contributed by atoms with E-state index < -0.39 is 29.5 Å². The molecule has 10 atom stereocenters. The standard InChI is InChI=1S/C39H54O7/c1-34-16-17-35(2,33(44)46-22-25-10-8-7-9-11-25)21-27(34)26-20-28(40)32-36(3)14-13-30(41)37(4,24-45-23-31(42)43)29(36)12-15-39(32,6)38(26,5)19-18-34/h7-11,20,27,29-30,32,41H,12-19,21-24H2,1-6H3,(H,42,43)/t27-,29+,30-,32+,34+,35-,36-,37-,38+,39+/m0/s1. The number of aliphatic carboxylic acids is 1. The van der Waals surface area contributed by atoms with Gasteiger partial charge in [0.2, 0.25) is 0 Å². The van der Waals surface area contributed by atoms with Crippen molar-refractivity contribution in [2.75, 3.05) is 13.2 Å². The summed E-state index contributed by atoms with van der Waals surface area (Å²) in [6.45, 7) is 13.5. The molecule has 7 nitrogen and oxygen atoms in total. The molecule has 1 aromatic rings. The van der Waals surface area contributed by atoms with E-state index in [1.807, 2.05) is 43.3 Å². The number of carboxylic acids is 1. The summed E-state index contributed by atoms with van der Waals surface area (Å²) in [4.78, 5) is 39.6. The third-order valence-electron chi connectivity index (χ3n) is 14.7. The molecule has 7 heteroatoms. The summed E-state index contributed by atoms with van der Waals surface area (Å²) in [5, 5.41) is 20.5. The molecule has 0 heterocycles. The number of ketones is 1. The van der Waals surface area contributed by atoms with Crippen LogP contribution in [0.3, 0.4) is 0 Å². The maximum atomic E-state index is 14.7. The van der Waals surface area contributed by atoms with E-state index in [9.17, 15) is 24.6 Å². The molecule has 0 bridgehead atoms. The molecule has 0 aromatic heterocycles. The van der Waals surface area contributed by atoms with E-state index in [2.05, 4.69) is 34.6 Å². The molecular weight excluding hydrogens is 580 g/mol. The molecule has 2 N–H and O–H groups in total. The smallest absolute Gasteiger partial charge is 0.329 e. The highest BCUT2D eigenvalue weighted by Gasteiger charge is 2.70. The van der Waals surface area contributed by atoms with E-state index in [4.69, 9.17) is 9.47 Å². The topological polar surface area (TPSA) is 110 Å². The summed E-state index contributed by atoms with van der Waals surface area (Å²) in [6.07, 6.45) is 8.93. The number of aliphatic hydroxyl groups excluding tert-OH is 1. The zero-order valence-electron chi connectivity index (χ0n) is 28.7. The van der Waals surface area contributed by atoms with Crippen molar-refractivity contribution < 1.29 is 34.1 Å². The van der Waals surface area contributed by atoms with Crippen LogP contribution in [-0.4, -0.2) is 47.3 Å². The van der Waals surface area contributed by atoms with Crippen molar-refractivity contribution in [2.45, 2.75) is 112 Å². The van der Waals surface area contributed by atoms with Gasteiger partial charge in [-0.25, -0.2) is 4.79 Å². The van der Waals surface area contributed by atoms with E-state index in [0.717, 1.165) is 50.5 Å². The van der Waals surface area contributed by atoms with Crippen molar-refractivity contribution in [1.82, 2.24) is 0 Å². The van der Waals surface area contributed by atoms with Crippen LogP contribution in [0.2, 0.25) is 0 Å². The fraction of sp³-hybridized carbons (Fsp3) is 0.718. The minimum Gasteiger partial charge on any atom is -0.480 e. The Bertz CT molecular complexity index is 1420. The zero-order valence-corrected chi connectivity index (χ0v) is 28.7. The van der Waals surface area contributed by atoms with Crippen molar-refractivity contribution in [1.29, 1.82) is 0 Å². The van der Waals surface area contributed by atoms with Gasteiger partial charge < -0.3 is 19.7 Å². The number of carbonyl (C=O) groups is 3. The van der Waals surface area contributed by atoms with Crippen molar-refractivity contribution in [3.05, 3.63) is 47.5 Å². The lowest BCUT2D eigenvalue weighted by Crippen LogP contribution is -2.67. The fourth-order valence-electron chi connectivity index (χ4n) is 11.6. The average Bonchev–Trinajstić information content (AvgIpc) is 3.00. The fourth-order valence-corrected chi connectivity index (χ4v) is 11.6. The van der Waals surface area contributed by atoms with Crippen LogP contribution in [0, 0.1) is 50.2 Å². The van der Waals surface area contributed by atoms with E-state index >= 15 is 0 Å². The molecular formula is C39H54O7. The Kier molecular flexibility index (Phi) is 8.20. The van der Waals surface area contributed by atoms with E-state index in [1.165, 1.54) is 5.57 Å². The highest BCUT2D eigenvalue weighted by molar-refractivity contribution is 5.95. The number of hydrogen-bond acceptors (Lipinski definition) is 6. The molecule has 46 heavy (non-hydrogen) atoms. The maximum Gasteiger partial charge on any atom is 0.329 e. The molecule has 4 saturated carbocycles. The lowest BCUT2D eigenvalue weighted by Gasteiger charge is -2.70. The van der Waals surface area contributed by atoms with Gasteiger partial charge in [0, 0.05) is 11.3 Å². The molecule has 0 aliphatic heterocycles. The molecule has 0 unspecified atom stereocenters. The van der Waals surface area contributed by atoms with Gasteiger partial charge >= 0.3 is 11.9 Å². The van der Waals surface area contributed by atoms with Gasteiger partial charge in [0.1, 0.15) is 13.2 Å². The van der Waals surface area contributed by atoms with Gasteiger partial charge in [-0.15, -0.1) is 0 Å². The first-order valence-corrected chi connectivity index (χ1v) is 17.5. The third-order valence-corrected chi connectivity index (χ3v) is 14.7. The van der Waals surface area contributed by atoms with Crippen molar-refractivity contribution in [2.24, 2.45) is 50.2 Å². The highest BCUT2D eigenvalue weighted by atomic mass is 16.5. The first-order chi connectivity index (χ1) is 21.5. The number of carbonyl (C=O) groups excluding carboxylic acids is 2. The maximum absolute atomic E-state index is 14.7. The number of allylic oxidation sites excluding steroid dienone is 2. The van der Waals surface area contributed by atoms with Crippen molar-refractivity contribution in [3.63, 3.8) is 0 Å². The van der Waals surface area contributed by atoms with Crippen LogP contribution < -0.4 is 0 Å². The van der Waals surface area contributed by atoms with Crippen LogP contribution in [0.15, 0.2) is 42.0 Å². The Morgan fingerprint density at radius 1 is 0.913 bits per heavy atom. The number of esters is 1. The second kappa shape index (κ2) is 11.3. The summed E-state index contributed by atoms with van der Waals surface area (Å²) in [6, 6.07) is 9.82. The summed E-state index contributed by atoms with van der Waals surface area (Å²) in [5.41, 5.74) is 0.204. The predicted octanol–water partition coefficient (Wildman–Crippen LogP) is 7.15. The van der Waals surface area contributed by atoms with Gasteiger partial charge in [0.05, 0.1) is 18.1 Å². The van der Waals surface area contributed by atoms with E-state index in [0.29, 0.717) is 12.8 Å². The molecule has 0 radical (unpaired) electrons. The van der Waals surface area contributed by atoms with E-state index in [-0.39, 0.29) is 64.4 Å². The van der Waals surface area contributed by atoms with Crippen molar-refractivity contribution >= 4 is 17.7 Å². The number of fused-ring (bicyclic) bond motifs is 7. The normalized spacial score (nSPS) is 44.9. The molecule has 0 saturated heterocycles. The molecule has 0 spiro atoms. The van der Waals surface area contributed by atoms with Crippen LogP contribution in [0.1, 0.15) is 105 Å². The SMILES string of the molecule is C[C@]1(C(=O)OCc2ccccc2)CC[C@]2(C)CC[C@]3(C)C(=CC(=O)[C@@H]4[C@@]5(C)CC[C@H](O)[C@@](C)(COCC(=O)O)[C@@H]5CC[C@]43C)[C@@H]2C1. The number of aliphatic hydroxyl groups is 1. The molecule has 4 fully saturated rings. The highest BCUT2D eigenvalue weighted by Crippen LogP contribution is 2.75. The number of benzene rings is 1. The van der Waals surface area contributed by atoms with Crippen LogP contribution in [0.4, 0.5) is 0 Å². The van der Waals surface area contributed by atoms with Crippen LogP contribution in [0.5, 0.6) is 0 Å². The summed E-state index contributed by atoms with van der Waals surface area (Å²) in [7, 11) is 0. The van der Waals surface area contributed by atoms with Crippen LogP contribution >= 0.6 is 0 Å². The molecule has 6 rings (SSSR count). The Morgan fingerprint density at radius 2 is 1.61 bits per heavy atom. The van der Waals surface area contributed by atoms with Gasteiger partial charge in [-0.2, -0.15) is 0 Å². The molecule has 0 amide bonds. The van der Waals surface area contributed by atoms with Crippen LogP contribution in [0.25, 0.3) is 0 Å². The Balaban J connectivity index is 1.31. The second-order valence-corrected chi connectivity index (χ2v) is 17.3. The van der Waals surface area contributed by atoms with Gasteiger partial charge in [-0.3, -0.25) is 9.59 Å². The number of carboxylic acid groups (broad SMARTS) is 1. The average molecular weight is 635 g/mol. The quantitative estimate of drug-likeness (QED) is 0.307. The number of rotatable bonds is 7. The lowest BCUT2D eigenvalue weighted by atomic mass is 9.33. The minimum atomic E-state index is -1.02. The second-order valence-electron chi connectivity index (χ2n) is 17.3. The number of hydrogen-bond donors (Lipinski definition) is 2. The van der Waals surface area contributed by atoms with Crippen LogP contribution in [-0.2, 0) is 30.5 Å². The summed E-state index contributed by atoms with van der Waals surface area (Å²) in [5.74, 6) is -1.01. The first kappa shape index (κ1) is 33.4. The monoisotopic (exact) mass is 634 g/mol. The Hall–Kier alpha value is -2.51. The molecule has 252 valence electrons. The lowest BCUT2D eigenvalue weighted by molar-refractivity contribution is -0.216. The van der Waals surface area contributed by atoms with Gasteiger partial charge in [-0.05, 0) is 110 Å². The summed E-state index contributed by atoms with van der Waals surface area (Å²) >= 11 is 0. The number of ether oxygens (including phenoxy) is 2.